The second kappa shape index (κ2) is 7.70. The average Bonchev–Trinajstić information content (AvgIpc) is 3.11. The molecule has 0 spiro atoms. The van der Waals surface area contributed by atoms with E-state index in [4.69, 9.17) is 0 Å². The molecule has 0 aliphatic carbocycles. The number of likely N-dealkylation sites (tertiary alicyclic amines) is 1. The van der Waals surface area contributed by atoms with Crippen LogP contribution in [0.5, 0.6) is 0 Å². The fourth-order valence-corrected chi connectivity index (χ4v) is 3.82. The number of amides is 1. The number of benzene rings is 1. The first kappa shape index (κ1) is 16.1. The molecule has 1 aliphatic rings. The van der Waals surface area contributed by atoms with Gasteiger partial charge in [-0.2, -0.15) is 0 Å². The summed E-state index contributed by atoms with van der Waals surface area (Å²) in [7, 11) is 1.99. The molecule has 1 saturated heterocycles. The van der Waals surface area contributed by atoms with E-state index in [1.807, 2.05) is 47.7 Å². The van der Waals surface area contributed by atoms with Gasteiger partial charge in [0.1, 0.15) is 10.7 Å². The van der Waals surface area contributed by atoms with Crippen molar-refractivity contribution in [2.45, 2.75) is 19.3 Å². The molecule has 1 aliphatic heterocycles. The molecule has 5 heteroatoms. The number of hydrogen-bond acceptors (Lipinski definition) is 4. The van der Waals surface area contributed by atoms with Gasteiger partial charge in [-0.3, -0.25) is 4.79 Å². The lowest BCUT2D eigenvalue weighted by Crippen LogP contribution is -2.39. The van der Waals surface area contributed by atoms with Crippen molar-refractivity contribution in [1.82, 2.24) is 15.2 Å². The van der Waals surface area contributed by atoms with Gasteiger partial charge in [0.05, 0.1) is 0 Å². The van der Waals surface area contributed by atoms with Gasteiger partial charge in [-0.05, 0) is 38.8 Å². The zero-order valence-corrected chi connectivity index (χ0v) is 14.3. The second-order valence-electron chi connectivity index (χ2n) is 6.03. The van der Waals surface area contributed by atoms with E-state index >= 15 is 0 Å². The summed E-state index contributed by atoms with van der Waals surface area (Å²) in [6, 6.07) is 10.0. The molecule has 2 heterocycles. The van der Waals surface area contributed by atoms with Crippen molar-refractivity contribution in [3.8, 4) is 10.6 Å². The summed E-state index contributed by atoms with van der Waals surface area (Å²) in [5.74, 6) is 0.817. The van der Waals surface area contributed by atoms with Crippen molar-refractivity contribution < 1.29 is 4.79 Å². The van der Waals surface area contributed by atoms with Crippen LogP contribution < -0.4 is 5.32 Å². The molecule has 4 nitrogen and oxygen atoms in total. The molecule has 0 saturated carbocycles. The Balaban J connectivity index is 1.60. The van der Waals surface area contributed by atoms with Crippen LogP contribution in [0.2, 0.25) is 0 Å². The average molecular weight is 329 g/mol. The van der Waals surface area contributed by atoms with Crippen LogP contribution >= 0.6 is 11.3 Å². The van der Waals surface area contributed by atoms with Crippen molar-refractivity contribution in [3.63, 3.8) is 0 Å². The third-order valence-corrected chi connectivity index (χ3v) is 5.34. The minimum atomic E-state index is 0.0792. The lowest BCUT2D eigenvalue weighted by molar-refractivity contribution is 0.0682. The topological polar surface area (TPSA) is 45.2 Å². The minimum absolute atomic E-state index is 0.0792. The fourth-order valence-electron chi connectivity index (χ4n) is 3.02. The zero-order chi connectivity index (χ0) is 16.1. The van der Waals surface area contributed by atoms with Crippen LogP contribution in [-0.4, -0.2) is 42.5 Å². The van der Waals surface area contributed by atoms with Crippen molar-refractivity contribution in [3.05, 3.63) is 41.4 Å². The standard InChI is InChI=1S/C18H23N3OS/c1-19-10-7-14-8-11-21(12-9-14)18(22)16-13-23-17(20-16)15-5-3-2-4-6-15/h2-6,13-14,19H,7-12H2,1H3. The minimum Gasteiger partial charge on any atom is -0.337 e. The maximum atomic E-state index is 12.6. The Bertz CT molecular complexity index is 633. The van der Waals surface area contributed by atoms with Gasteiger partial charge in [0.25, 0.3) is 5.91 Å². The van der Waals surface area contributed by atoms with Crippen LogP contribution in [0.3, 0.4) is 0 Å². The summed E-state index contributed by atoms with van der Waals surface area (Å²) in [5, 5.41) is 6.01. The Morgan fingerprint density at radius 2 is 2.04 bits per heavy atom. The van der Waals surface area contributed by atoms with Crippen LogP contribution in [0.25, 0.3) is 10.6 Å². The largest absolute Gasteiger partial charge is 0.337 e. The normalized spacial score (nSPS) is 15.8. The van der Waals surface area contributed by atoms with Gasteiger partial charge in [0.15, 0.2) is 0 Å². The van der Waals surface area contributed by atoms with E-state index in [2.05, 4.69) is 10.3 Å². The van der Waals surface area contributed by atoms with Gasteiger partial charge in [0.2, 0.25) is 0 Å². The maximum absolute atomic E-state index is 12.6. The molecule has 0 atom stereocenters. The van der Waals surface area contributed by atoms with Crippen molar-refractivity contribution in [1.29, 1.82) is 0 Å². The highest BCUT2D eigenvalue weighted by Crippen LogP contribution is 2.25. The van der Waals surface area contributed by atoms with Crippen LogP contribution in [0.4, 0.5) is 0 Å². The van der Waals surface area contributed by atoms with Crippen LogP contribution in [-0.2, 0) is 0 Å². The number of aromatic nitrogens is 1. The Morgan fingerprint density at radius 1 is 1.30 bits per heavy atom. The molecule has 1 amide bonds. The van der Waals surface area contributed by atoms with E-state index in [1.54, 1.807) is 0 Å². The van der Waals surface area contributed by atoms with E-state index in [1.165, 1.54) is 17.8 Å². The fraction of sp³-hybridized carbons (Fsp3) is 0.444. The number of carbonyl (C=O) groups is 1. The molecule has 2 aromatic rings. The van der Waals surface area contributed by atoms with Gasteiger partial charge in [0, 0.05) is 24.0 Å². The summed E-state index contributed by atoms with van der Waals surface area (Å²) in [6.45, 7) is 2.77. The van der Waals surface area contributed by atoms with E-state index in [0.717, 1.165) is 49.0 Å². The predicted molar refractivity (Wildman–Crippen MR) is 94.7 cm³/mol. The van der Waals surface area contributed by atoms with Crippen LogP contribution in [0, 0.1) is 5.92 Å². The smallest absolute Gasteiger partial charge is 0.273 e. The van der Waals surface area contributed by atoms with Gasteiger partial charge in [-0.25, -0.2) is 4.98 Å². The Kier molecular flexibility index (Phi) is 5.41. The molecule has 0 bridgehead atoms. The first-order chi connectivity index (χ1) is 11.3. The first-order valence-electron chi connectivity index (χ1n) is 8.22. The summed E-state index contributed by atoms with van der Waals surface area (Å²) >= 11 is 1.54. The van der Waals surface area contributed by atoms with Gasteiger partial charge < -0.3 is 10.2 Å². The Labute approximate surface area is 141 Å². The molecule has 23 heavy (non-hydrogen) atoms. The van der Waals surface area contributed by atoms with Gasteiger partial charge in [-0.15, -0.1) is 11.3 Å². The molecule has 1 aromatic carbocycles. The van der Waals surface area contributed by atoms with Gasteiger partial charge in [-0.1, -0.05) is 30.3 Å². The Morgan fingerprint density at radius 3 is 2.74 bits per heavy atom. The van der Waals surface area contributed by atoms with Gasteiger partial charge >= 0.3 is 0 Å². The quantitative estimate of drug-likeness (QED) is 0.916. The molecular weight excluding hydrogens is 306 g/mol. The molecule has 1 aromatic heterocycles. The lowest BCUT2D eigenvalue weighted by Gasteiger charge is -2.31. The summed E-state index contributed by atoms with van der Waals surface area (Å²) < 4.78 is 0. The molecule has 122 valence electrons. The van der Waals surface area contributed by atoms with Crippen molar-refractivity contribution >= 4 is 17.2 Å². The number of thiazole rings is 1. The molecular formula is C18H23N3OS. The SMILES string of the molecule is CNCCC1CCN(C(=O)c2csc(-c3ccccc3)n2)CC1. The van der Waals surface area contributed by atoms with E-state index in [9.17, 15) is 4.79 Å². The number of hydrogen-bond donors (Lipinski definition) is 1. The molecule has 1 fully saturated rings. The maximum Gasteiger partial charge on any atom is 0.273 e. The van der Waals surface area contributed by atoms with Crippen molar-refractivity contribution in [2.75, 3.05) is 26.7 Å². The monoisotopic (exact) mass is 329 g/mol. The lowest BCUT2D eigenvalue weighted by atomic mass is 9.93. The molecule has 3 rings (SSSR count). The summed E-state index contributed by atoms with van der Waals surface area (Å²) in [6.07, 6.45) is 3.40. The number of piperidine rings is 1. The van der Waals surface area contributed by atoms with E-state index in [-0.39, 0.29) is 5.91 Å². The third-order valence-electron chi connectivity index (χ3n) is 4.45. The number of rotatable bonds is 5. The summed E-state index contributed by atoms with van der Waals surface area (Å²) in [5.41, 5.74) is 1.66. The van der Waals surface area contributed by atoms with Crippen LogP contribution in [0.1, 0.15) is 29.8 Å². The predicted octanol–water partition coefficient (Wildman–Crippen LogP) is 3.27. The van der Waals surface area contributed by atoms with E-state index in [0.29, 0.717) is 5.69 Å². The van der Waals surface area contributed by atoms with Crippen molar-refractivity contribution in [2.24, 2.45) is 5.92 Å². The second-order valence-corrected chi connectivity index (χ2v) is 6.89. The highest BCUT2D eigenvalue weighted by Gasteiger charge is 2.24. The highest BCUT2D eigenvalue weighted by atomic mass is 32.1. The third kappa shape index (κ3) is 3.98. The number of nitrogens with one attached hydrogen (secondary N) is 1. The Hall–Kier alpha value is -1.72. The molecule has 1 N–H and O–H groups in total. The zero-order valence-electron chi connectivity index (χ0n) is 13.5. The molecule has 0 radical (unpaired) electrons. The number of nitrogens with zero attached hydrogens (tertiary/aromatic N) is 2. The first-order valence-corrected chi connectivity index (χ1v) is 9.10. The summed E-state index contributed by atoms with van der Waals surface area (Å²) in [4.78, 5) is 19.1. The highest BCUT2D eigenvalue weighted by molar-refractivity contribution is 7.13. The van der Waals surface area contributed by atoms with Crippen LogP contribution in [0.15, 0.2) is 35.7 Å². The number of carbonyl (C=O) groups excluding carboxylic acids is 1. The molecule has 0 unspecified atom stereocenters. The van der Waals surface area contributed by atoms with E-state index < -0.39 is 0 Å².